The third-order valence-corrected chi connectivity index (χ3v) is 3.49. The minimum atomic E-state index is 0.373. The summed E-state index contributed by atoms with van der Waals surface area (Å²) in [4.78, 5) is 0. The Labute approximate surface area is 116 Å². The number of aryl methyl sites for hydroxylation is 1. The van der Waals surface area contributed by atoms with Crippen LogP contribution in [0.1, 0.15) is 43.4 Å². The van der Waals surface area contributed by atoms with Gasteiger partial charge in [-0.1, -0.05) is 30.7 Å². The highest BCUT2D eigenvalue weighted by molar-refractivity contribution is 6.31. The molecule has 0 radical (unpaired) electrons. The molecule has 0 aliphatic heterocycles. The Balaban J connectivity index is 2.70. The average Bonchev–Trinajstić information content (AvgIpc) is 2.37. The summed E-state index contributed by atoms with van der Waals surface area (Å²) in [6.45, 7) is 6.06. The number of ether oxygens (including phenoxy) is 1. The second-order valence-electron chi connectivity index (χ2n) is 4.65. The van der Waals surface area contributed by atoms with Gasteiger partial charge in [-0.3, -0.25) is 0 Å². The summed E-state index contributed by atoms with van der Waals surface area (Å²) in [5.41, 5.74) is 2.40. The number of benzene rings is 1. The van der Waals surface area contributed by atoms with Crippen LogP contribution >= 0.6 is 11.6 Å². The molecule has 1 atom stereocenters. The predicted octanol–water partition coefficient (Wildman–Crippen LogP) is 4.12. The number of hydrogen-bond donors (Lipinski definition) is 1. The lowest BCUT2D eigenvalue weighted by Gasteiger charge is -2.19. The molecule has 3 heteroatoms. The molecule has 1 aromatic rings. The van der Waals surface area contributed by atoms with Crippen LogP contribution in [0, 0.1) is 6.92 Å². The van der Waals surface area contributed by atoms with Crippen LogP contribution in [0.4, 0.5) is 0 Å². The van der Waals surface area contributed by atoms with Crippen LogP contribution in [-0.2, 0) is 4.74 Å². The molecule has 0 amide bonds. The van der Waals surface area contributed by atoms with Crippen molar-refractivity contribution in [1.29, 1.82) is 0 Å². The standard InChI is InChI=1S/C15H24ClNO/c1-4-9-17-15(6-5-10-18-3)13-8-7-12(2)14(16)11-13/h7-8,11,15,17H,4-6,9-10H2,1-3H3. The van der Waals surface area contributed by atoms with E-state index in [1.165, 1.54) is 5.56 Å². The van der Waals surface area contributed by atoms with Gasteiger partial charge in [0.1, 0.15) is 0 Å². The first-order chi connectivity index (χ1) is 8.69. The molecule has 102 valence electrons. The van der Waals surface area contributed by atoms with E-state index in [2.05, 4.69) is 30.4 Å². The van der Waals surface area contributed by atoms with E-state index in [-0.39, 0.29) is 0 Å². The molecule has 0 spiro atoms. The quantitative estimate of drug-likeness (QED) is 0.717. The van der Waals surface area contributed by atoms with Crippen LogP contribution in [0.3, 0.4) is 0 Å². The first kappa shape index (κ1) is 15.5. The zero-order valence-corrected chi connectivity index (χ0v) is 12.4. The van der Waals surface area contributed by atoms with Crippen LogP contribution in [-0.4, -0.2) is 20.3 Å². The highest BCUT2D eigenvalue weighted by Gasteiger charge is 2.11. The fraction of sp³-hybridized carbons (Fsp3) is 0.600. The van der Waals surface area contributed by atoms with E-state index in [9.17, 15) is 0 Å². The second-order valence-corrected chi connectivity index (χ2v) is 5.06. The van der Waals surface area contributed by atoms with Crippen LogP contribution in [0.5, 0.6) is 0 Å². The van der Waals surface area contributed by atoms with Gasteiger partial charge >= 0.3 is 0 Å². The zero-order valence-electron chi connectivity index (χ0n) is 11.6. The normalized spacial score (nSPS) is 12.7. The molecule has 1 aromatic carbocycles. The van der Waals surface area contributed by atoms with E-state index in [4.69, 9.17) is 16.3 Å². The summed E-state index contributed by atoms with van der Waals surface area (Å²) in [5.74, 6) is 0. The Morgan fingerprint density at radius 3 is 2.78 bits per heavy atom. The maximum Gasteiger partial charge on any atom is 0.0462 e. The molecule has 0 aliphatic rings. The first-order valence-electron chi connectivity index (χ1n) is 6.67. The van der Waals surface area contributed by atoms with Crippen molar-refractivity contribution in [2.45, 2.75) is 39.2 Å². The van der Waals surface area contributed by atoms with Gasteiger partial charge in [-0.25, -0.2) is 0 Å². The Kier molecular flexibility index (Phi) is 7.33. The smallest absolute Gasteiger partial charge is 0.0462 e. The van der Waals surface area contributed by atoms with Gasteiger partial charge in [0.2, 0.25) is 0 Å². The highest BCUT2D eigenvalue weighted by atomic mass is 35.5. The fourth-order valence-corrected chi connectivity index (χ4v) is 2.15. The molecular formula is C15H24ClNO. The lowest BCUT2D eigenvalue weighted by atomic mass is 10.0. The van der Waals surface area contributed by atoms with Crippen LogP contribution < -0.4 is 5.32 Å². The van der Waals surface area contributed by atoms with Gasteiger partial charge < -0.3 is 10.1 Å². The van der Waals surface area contributed by atoms with Crippen molar-refractivity contribution < 1.29 is 4.74 Å². The molecule has 2 nitrogen and oxygen atoms in total. The lowest BCUT2D eigenvalue weighted by molar-refractivity contribution is 0.188. The molecule has 0 saturated carbocycles. The third-order valence-electron chi connectivity index (χ3n) is 3.08. The Bertz CT molecular complexity index is 354. The van der Waals surface area contributed by atoms with E-state index < -0.39 is 0 Å². The monoisotopic (exact) mass is 269 g/mol. The Hall–Kier alpha value is -0.570. The van der Waals surface area contributed by atoms with Crippen molar-refractivity contribution in [3.8, 4) is 0 Å². The molecule has 18 heavy (non-hydrogen) atoms. The molecule has 0 aromatic heterocycles. The van der Waals surface area contributed by atoms with Gasteiger partial charge in [0, 0.05) is 24.8 Å². The number of methoxy groups -OCH3 is 1. The molecule has 1 rings (SSSR count). The SMILES string of the molecule is CCCNC(CCCOC)c1ccc(C)c(Cl)c1. The zero-order chi connectivity index (χ0) is 13.4. The summed E-state index contributed by atoms with van der Waals surface area (Å²) in [6.07, 6.45) is 3.27. The molecule has 0 saturated heterocycles. The van der Waals surface area contributed by atoms with Crippen LogP contribution in [0.2, 0.25) is 5.02 Å². The summed E-state index contributed by atoms with van der Waals surface area (Å²) < 4.78 is 5.12. The van der Waals surface area contributed by atoms with Crippen molar-refractivity contribution in [1.82, 2.24) is 5.32 Å². The van der Waals surface area contributed by atoms with Gasteiger partial charge in [0.25, 0.3) is 0 Å². The number of halogens is 1. The predicted molar refractivity (Wildman–Crippen MR) is 78.3 cm³/mol. The van der Waals surface area contributed by atoms with E-state index in [1.54, 1.807) is 7.11 Å². The van der Waals surface area contributed by atoms with Gasteiger partial charge in [-0.05, 0) is 49.9 Å². The van der Waals surface area contributed by atoms with E-state index in [1.807, 2.05) is 6.92 Å². The maximum atomic E-state index is 6.20. The molecule has 0 bridgehead atoms. The fourth-order valence-electron chi connectivity index (χ4n) is 1.96. The number of nitrogens with one attached hydrogen (secondary N) is 1. The third kappa shape index (κ3) is 4.97. The second kappa shape index (κ2) is 8.52. The van der Waals surface area contributed by atoms with E-state index >= 15 is 0 Å². The van der Waals surface area contributed by atoms with Gasteiger partial charge in [0.15, 0.2) is 0 Å². The minimum absolute atomic E-state index is 0.373. The molecule has 0 aliphatic carbocycles. The number of rotatable bonds is 8. The molecular weight excluding hydrogens is 246 g/mol. The summed E-state index contributed by atoms with van der Waals surface area (Å²) in [6, 6.07) is 6.71. The van der Waals surface area contributed by atoms with Gasteiger partial charge in [0.05, 0.1) is 0 Å². The Morgan fingerprint density at radius 2 is 2.17 bits per heavy atom. The topological polar surface area (TPSA) is 21.3 Å². The molecule has 0 heterocycles. The van der Waals surface area contributed by atoms with Crippen LogP contribution in [0.15, 0.2) is 18.2 Å². The van der Waals surface area contributed by atoms with Gasteiger partial charge in [-0.15, -0.1) is 0 Å². The van der Waals surface area contributed by atoms with Crippen LogP contribution in [0.25, 0.3) is 0 Å². The highest BCUT2D eigenvalue weighted by Crippen LogP contribution is 2.24. The van der Waals surface area contributed by atoms with Crippen molar-refractivity contribution in [3.05, 3.63) is 34.3 Å². The minimum Gasteiger partial charge on any atom is -0.385 e. The largest absolute Gasteiger partial charge is 0.385 e. The van der Waals surface area contributed by atoms with Crippen molar-refractivity contribution in [3.63, 3.8) is 0 Å². The van der Waals surface area contributed by atoms with Crippen molar-refractivity contribution >= 4 is 11.6 Å². The lowest BCUT2D eigenvalue weighted by Crippen LogP contribution is -2.22. The molecule has 1 unspecified atom stereocenters. The van der Waals surface area contributed by atoms with Crippen molar-refractivity contribution in [2.24, 2.45) is 0 Å². The maximum absolute atomic E-state index is 6.20. The summed E-state index contributed by atoms with van der Waals surface area (Å²) in [7, 11) is 1.75. The number of hydrogen-bond acceptors (Lipinski definition) is 2. The van der Waals surface area contributed by atoms with E-state index in [0.29, 0.717) is 6.04 Å². The molecule has 0 fully saturated rings. The summed E-state index contributed by atoms with van der Waals surface area (Å²) >= 11 is 6.20. The molecule has 1 N–H and O–H groups in total. The average molecular weight is 270 g/mol. The first-order valence-corrected chi connectivity index (χ1v) is 7.05. The van der Waals surface area contributed by atoms with Crippen molar-refractivity contribution in [2.75, 3.05) is 20.3 Å². The summed E-state index contributed by atoms with van der Waals surface area (Å²) in [5, 5.41) is 4.43. The van der Waals surface area contributed by atoms with E-state index in [0.717, 1.165) is 43.0 Å². The van der Waals surface area contributed by atoms with Gasteiger partial charge in [-0.2, -0.15) is 0 Å². The Morgan fingerprint density at radius 1 is 1.39 bits per heavy atom.